The zero-order chi connectivity index (χ0) is 19.0. The van der Waals surface area contributed by atoms with E-state index in [9.17, 15) is 4.79 Å². The van der Waals surface area contributed by atoms with Gasteiger partial charge in [0.15, 0.2) is 0 Å². The van der Waals surface area contributed by atoms with Crippen LogP contribution in [0.1, 0.15) is 44.2 Å². The van der Waals surface area contributed by atoms with E-state index in [4.69, 9.17) is 4.74 Å². The molecule has 1 amide bonds. The second-order valence-corrected chi connectivity index (χ2v) is 8.23. The first kappa shape index (κ1) is 18.2. The third-order valence-corrected chi connectivity index (χ3v) is 6.42. The lowest BCUT2D eigenvalue weighted by Crippen LogP contribution is -2.42. The summed E-state index contributed by atoms with van der Waals surface area (Å²) in [6.45, 7) is 8.61. The number of carbonyl (C=O) groups excluding carboxylic acids is 1. The molecule has 0 bridgehead atoms. The highest BCUT2D eigenvalue weighted by atomic mass is 16.5. The van der Waals surface area contributed by atoms with Crippen molar-refractivity contribution in [3.63, 3.8) is 0 Å². The van der Waals surface area contributed by atoms with Crippen molar-refractivity contribution < 1.29 is 9.53 Å². The van der Waals surface area contributed by atoms with Gasteiger partial charge in [0.1, 0.15) is 0 Å². The van der Waals surface area contributed by atoms with Gasteiger partial charge in [-0.1, -0.05) is 49.7 Å². The standard InChI is InChI=1S/C24H29NO2/c1-4-18(3)23(26)25-16-24(10-12-27-13-11-24)21-15-20(8-9-22(21)25)19-7-5-6-17(2)14-19/h5-9,14-15,18H,4,10-13,16H2,1-3H3/t18-/m0/s1. The molecule has 3 nitrogen and oxygen atoms in total. The lowest BCUT2D eigenvalue weighted by molar-refractivity contribution is -0.122. The molecule has 27 heavy (non-hydrogen) atoms. The highest BCUT2D eigenvalue weighted by Gasteiger charge is 2.46. The van der Waals surface area contributed by atoms with Gasteiger partial charge in [-0.2, -0.15) is 0 Å². The third-order valence-electron chi connectivity index (χ3n) is 6.42. The van der Waals surface area contributed by atoms with Crippen LogP contribution in [-0.4, -0.2) is 25.7 Å². The summed E-state index contributed by atoms with van der Waals surface area (Å²) < 4.78 is 5.66. The molecule has 142 valence electrons. The molecule has 0 radical (unpaired) electrons. The number of anilines is 1. The van der Waals surface area contributed by atoms with Crippen molar-refractivity contribution in [1.29, 1.82) is 0 Å². The van der Waals surface area contributed by atoms with Crippen molar-refractivity contribution in [2.75, 3.05) is 24.7 Å². The van der Waals surface area contributed by atoms with Gasteiger partial charge in [0.2, 0.25) is 5.91 Å². The largest absolute Gasteiger partial charge is 0.381 e. The summed E-state index contributed by atoms with van der Waals surface area (Å²) in [7, 11) is 0. The van der Waals surface area contributed by atoms with Crippen LogP contribution in [0.25, 0.3) is 11.1 Å². The Labute approximate surface area is 162 Å². The van der Waals surface area contributed by atoms with Crippen LogP contribution in [0, 0.1) is 12.8 Å². The number of ether oxygens (including phenoxy) is 1. The van der Waals surface area contributed by atoms with Crippen LogP contribution in [0.4, 0.5) is 5.69 Å². The Morgan fingerprint density at radius 1 is 1.15 bits per heavy atom. The number of benzene rings is 2. The van der Waals surface area contributed by atoms with Gasteiger partial charge in [-0.15, -0.1) is 0 Å². The van der Waals surface area contributed by atoms with E-state index in [0.29, 0.717) is 0 Å². The molecule has 0 saturated carbocycles. The lowest BCUT2D eigenvalue weighted by atomic mass is 9.75. The van der Waals surface area contributed by atoms with E-state index in [1.807, 2.05) is 6.92 Å². The maximum Gasteiger partial charge on any atom is 0.229 e. The van der Waals surface area contributed by atoms with Crippen LogP contribution in [0.5, 0.6) is 0 Å². The maximum absolute atomic E-state index is 13.1. The Morgan fingerprint density at radius 3 is 2.59 bits per heavy atom. The van der Waals surface area contributed by atoms with E-state index in [1.54, 1.807) is 0 Å². The average molecular weight is 364 g/mol. The minimum atomic E-state index is 0.0382. The van der Waals surface area contributed by atoms with E-state index >= 15 is 0 Å². The molecule has 2 aliphatic heterocycles. The van der Waals surface area contributed by atoms with Crippen molar-refractivity contribution in [3.8, 4) is 11.1 Å². The van der Waals surface area contributed by atoms with Crippen molar-refractivity contribution in [3.05, 3.63) is 53.6 Å². The molecule has 2 aliphatic rings. The van der Waals surface area contributed by atoms with Crippen LogP contribution in [0.2, 0.25) is 0 Å². The highest BCUT2D eigenvalue weighted by Crippen LogP contribution is 2.48. The van der Waals surface area contributed by atoms with E-state index in [1.165, 1.54) is 22.3 Å². The van der Waals surface area contributed by atoms with Gasteiger partial charge >= 0.3 is 0 Å². The van der Waals surface area contributed by atoms with Gasteiger partial charge in [-0.05, 0) is 55.0 Å². The maximum atomic E-state index is 13.1. The summed E-state index contributed by atoms with van der Waals surface area (Å²) in [6, 6.07) is 15.3. The second-order valence-electron chi connectivity index (χ2n) is 8.23. The van der Waals surface area contributed by atoms with Crippen LogP contribution in [-0.2, 0) is 14.9 Å². The summed E-state index contributed by atoms with van der Waals surface area (Å²) in [5.41, 5.74) is 6.23. The fourth-order valence-corrected chi connectivity index (χ4v) is 4.50. The summed E-state index contributed by atoms with van der Waals surface area (Å²) in [5.74, 6) is 0.315. The molecule has 0 aromatic heterocycles. The summed E-state index contributed by atoms with van der Waals surface area (Å²) >= 11 is 0. The molecule has 0 unspecified atom stereocenters. The number of rotatable bonds is 3. The van der Waals surface area contributed by atoms with Gasteiger partial charge in [0, 0.05) is 36.8 Å². The molecule has 2 aromatic carbocycles. The normalized spacial score (nSPS) is 19.1. The van der Waals surface area contributed by atoms with Crippen LogP contribution in [0.3, 0.4) is 0 Å². The number of aryl methyl sites for hydroxylation is 1. The van der Waals surface area contributed by atoms with E-state index in [2.05, 4.69) is 61.2 Å². The van der Waals surface area contributed by atoms with E-state index < -0.39 is 0 Å². The zero-order valence-corrected chi connectivity index (χ0v) is 16.6. The smallest absolute Gasteiger partial charge is 0.229 e. The van der Waals surface area contributed by atoms with Crippen molar-refractivity contribution in [2.45, 2.75) is 45.4 Å². The lowest BCUT2D eigenvalue weighted by Gasteiger charge is -2.34. The molecule has 1 atom stereocenters. The Morgan fingerprint density at radius 2 is 1.89 bits per heavy atom. The number of carbonyl (C=O) groups is 1. The topological polar surface area (TPSA) is 29.5 Å². The Hall–Kier alpha value is -2.13. The summed E-state index contributed by atoms with van der Waals surface area (Å²) in [5, 5.41) is 0. The predicted molar refractivity (Wildman–Crippen MR) is 110 cm³/mol. The SMILES string of the molecule is CC[C@H](C)C(=O)N1CC2(CCOCC2)c2cc(-c3cccc(C)c3)ccc21. The first-order valence-electron chi connectivity index (χ1n) is 10.1. The minimum Gasteiger partial charge on any atom is -0.381 e. The molecule has 0 N–H and O–H groups in total. The second kappa shape index (κ2) is 7.12. The van der Waals surface area contributed by atoms with Crippen LogP contribution in [0.15, 0.2) is 42.5 Å². The fourth-order valence-electron chi connectivity index (χ4n) is 4.50. The van der Waals surface area contributed by atoms with Gasteiger partial charge < -0.3 is 9.64 Å². The molecule has 1 saturated heterocycles. The van der Waals surface area contributed by atoms with Gasteiger partial charge in [0.05, 0.1) is 0 Å². The predicted octanol–water partition coefficient (Wildman–Crippen LogP) is 5.10. The fraction of sp³-hybridized carbons (Fsp3) is 0.458. The van der Waals surface area contributed by atoms with E-state index in [-0.39, 0.29) is 17.2 Å². The first-order valence-corrected chi connectivity index (χ1v) is 10.1. The molecule has 0 aliphatic carbocycles. The van der Waals surface area contributed by atoms with Crippen molar-refractivity contribution in [2.24, 2.45) is 5.92 Å². The number of fused-ring (bicyclic) bond motifs is 2. The quantitative estimate of drug-likeness (QED) is 0.759. The molecule has 2 heterocycles. The molecule has 1 fully saturated rings. The van der Waals surface area contributed by atoms with Gasteiger partial charge in [0.25, 0.3) is 0 Å². The van der Waals surface area contributed by atoms with Gasteiger partial charge in [-0.25, -0.2) is 0 Å². The summed E-state index contributed by atoms with van der Waals surface area (Å²) in [6.07, 6.45) is 2.85. The third kappa shape index (κ3) is 3.19. The Kier molecular flexibility index (Phi) is 4.81. The number of nitrogens with zero attached hydrogens (tertiary/aromatic N) is 1. The molecule has 3 heteroatoms. The molecular formula is C24H29NO2. The molecule has 1 spiro atoms. The van der Waals surface area contributed by atoms with Crippen molar-refractivity contribution in [1.82, 2.24) is 0 Å². The van der Waals surface area contributed by atoms with Crippen molar-refractivity contribution >= 4 is 11.6 Å². The number of amides is 1. The Balaban J connectivity index is 1.80. The molecule has 2 aromatic rings. The number of hydrogen-bond donors (Lipinski definition) is 0. The van der Waals surface area contributed by atoms with Crippen LogP contribution < -0.4 is 4.90 Å². The minimum absolute atomic E-state index is 0.0382. The Bertz CT molecular complexity index is 851. The number of hydrogen-bond acceptors (Lipinski definition) is 2. The summed E-state index contributed by atoms with van der Waals surface area (Å²) in [4.78, 5) is 15.1. The van der Waals surface area contributed by atoms with E-state index in [0.717, 1.165) is 44.7 Å². The molecular weight excluding hydrogens is 334 g/mol. The van der Waals surface area contributed by atoms with Gasteiger partial charge in [-0.3, -0.25) is 4.79 Å². The zero-order valence-electron chi connectivity index (χ0n) is 16.6. The van der Waals surface area contributed by atoms with Crippen LogP contribution >= 0.6 is 0 Å². The highest BCUT2D eigenvalue weighted by molar-refractivity contribution is 5.98. The average Bonchev–Trinajstić information content (AvgIpc) is 3.00. The molecule has 4 rings (SSSR count). The first-order chi connectivity index (χ1) is 13.0. The monoisotopic (exact) mass is 363 g/mol.